The zero-order valence-electron chi connectivity index (χ0n) is 11.0. The topological polar surface area (TPSA) is 20.2 Å². The van der Waals surface area contributed by atoms with Gasteiger partial charge in [-0.1, -0.05) is 44.4 Å². The van der Waals surface area contributed by atoms with Crippen LogP contribution in [0.5, 0.6) is 0 Å². The van der Waals surface area contributed by atoms with Crippen LogP contribution in [0.3, 0.4) is 0 Å². The second-order valence-electron chi connectivity index (χ2n) is 4.98. The van der Waals surface area contributed by atoms with Gasteiger partial charge in [0.1, 0.15) is 0 Å². The summed E-state index contributed by atoms with van der Waals surface area (Å²) in [6.07, 6.45) is 4.34. The summed E-state index contributed by atoms with van der Waals surface area (Å²) in [5.41, 5.74) is 2.89. The second kappa shape index (κ2) is 5.49. The molecule has 1 nitrogen and oxygen atoms in total. The van der Waals surface area contributed by atoms with Crippen molar-refractivity contribution in [1.29, 1.82) is 0 Å². The molecule has 0 aromatic heterocycles. The van der Waals surface area contributed by atoms with E-state index >= 15 is 0 Å². The van der Waals surface area contributed by atoms with Gasteiger partial charge in [0, 0.05) is 0 Å². The molecule has 0 amide bonds. The SMILES string of the molecule is CCCCCC(C)(O)c1cccc(C)c1C. The number of benzene rings is 1. The predicted octanol–water partition coefficient (Wildman–Crippen LogP) is 4.09. The molecule has 1 aromatic rings. The summed E-state index contributed by atoms with van der Waals surface area (Å²) in [7, 11) is 0. The highest BCUT2D eigenvalue weighted by Gasteiger charge is 2.24. The van der Waals surface area contributed by atoms with E-state index in [4.69, 9.17) is 0 Å². The van der Waals surface area contributed by atoms with Gasteiger partial charge < -0.3 is 5.11 Å². The highest BCUT2D eigenvalue weighted by atomic mass is 16.3. The van der Waals surface area contributed by atoms with Gasteiger partial charge in [-0.25, -0.2) is 0 Å². The molecule has 0 saturated heterocycles. The fourth-order valence-corrected chi connectivity index (χ4v) is 2.19. The van der Waals surface area contributed by atoms with Crippen molar-refractivity contribution < 1.29 is 5.11 Å². The third-order valence-corrected chi connectivity index (χ3v) is 3.45. The molecule has 0 aliphatic heterocycles. The molecule has 0 aliphatic carbocycles. The van der Waals surface area contributed by atoms with E-state index in [-0.39, 0.29) is 0 Å². The lowest BCUT2D eigenvalue weighted by Crippen LogP contribution is -2.22. The standard InChI is InChI=1S/C15H24O/c1-5-6-7-11-15(4,16)14-10-8-9-12(2)13(14)3/h8-10,16H,5-7,11H2,1-4H3. The normalized spacial score (nSPS) is 14.8. The monoisotopic (exact) mass is 220 g/mol. The maximum atomic E-state index is 10.5. The molecular weight excluding hydrogens is 196 g/mol. The van der Waals surface area contributed by atoms with E-state index in [1.54, 1.807) is 0 Å². The van der Waals surface area contributed by atoms with Gasteiger partial charge in [-0.05, 0) is 43.9 Å². The number of hydrogen-bond acceptors (Lipinski definition) is 1. The Labute approximate surface area is 99.5 Å². The minimum Gasteiger partial charge on any atom is -0.385 e. The summed E-state index contributed by atoms with van der Waals surface area (Å²) < 4.78 is 0. The van der Waals surface area contributed by atoms with E-state index in [9.17, 15) is 5.11 Å². The molecule has 90 valence electrons. The van der Waals surface area contributed by atoms with Gasteiger partial charge in [-0.15, -0.1) is 0 Å². The van der Waals surface area contributed by atoms with Crippen LogP contribution in [-0.4, -0.2) is 5.11 Å². The molecule has 0 spiro atoms. The quantitative estimate of drug-likeness (QED) is 0.741. The summed E-state index contributed by atoms with van der Waals surface area (Å²) in [6, 6.07) is 6.18. The molecule has 1 heteroatoms. The van der Waals surface area contributed by atoms with Crippen molar-refractivity contribution in [3.05, 3.63) is 34.9 Å². The molecule has 0 aliphatic rings. The smallest absolute Gasteiger partial charge is 0.0871 e. The second-order valence-corrected chi connectivity index (χ2v) is 4.98. The molecule has 0 fully saturated rings. The van der Waals surface area contributed by atoms with Gasteiger partial charge in [0.05, 0.1) is 5.60 Å². The summed E-state index contributed by atoms with van der Waals surface area (Å²) in [6.45, 7) is 8.32. The van der Waals surface area contributed by atoms with Crippen molar-refractivity contribution in [3.63, 3.8) is 0 Å². The molecule has 16 heavy (non-hydrogen) atoms. The van der Waals surface area contributed by atoms with Crippen molar-refractivity contribution in [2.24, 2.45) is 0 Å². The molecule has 0 bridgehead atoms. The molecule has 1 rings (SSSR count). The minimum atomic E-state index is -0.675. The number of aliphatic hydroxyl groups is 1. The van der Waals surface area contributed by atoms with Crippen LogP contribution < -0.4 is 0 Å². The minimum absolute atomic E-state index is 0.675. The summed E-state index contributed by atoms with van der Waals surface area (Å²) in [5, 5.41) is 10.5. The summed E-state index contributed by atoms with van der Waals surface area (Å²) >= 11 is 0. The van der Waals surface area contributed by atoms with Crippen LogP contribution in [0.2, 0.25) is 0 Å². The first kappa shape index (κ1) is 13.2. The number of hydrogen-bond donors (Lipinski definition) is 1. The number of aryl methyl sites for hydroxylation is 1. The van der Waals surface area contributed by atoms with Crippen molar-refractivity contribution in [2.75, 3.05) is 0 Å². The lowest BCUT2D eigenvalue weighted by atomic mass is 9.86. The lowest BCUT2D eigenvalue weighted by molar-refractivity contribution is 0.0443. The van der Waals surface area contributed by atoms with E-state index < -0.39 is 5.60 Å². The maximum absolute atomic E-state index is 10.5. The Morgan fingerprint density at radius 3 is 2.50 bits per heavy atom. The largest absolute Gasteiger partial charge is 0.385 e. The maximum Gasteiger partial charge on any atom is 0.0871 e. The van der Waals surface area contributed by atoms with Crippen molar-refractivity contribution >= 4 is 0 Å². The summed E-state index contributed by atoms with van der Waals surface area (Å²) in [4.78, 5) is 0. The van der Waals surface area contributed by atoms with Crippen LogP contribution >= 0.6 is 0 Å². The van der Waals surface area contributed by atoms with E-state index in [0.29, 0.717) is 0 Å². The van der Waals surface area contributed by atoms with E-state index in [1.807, 2.05) is 19.1 Å². The molecular formula is C15H24O. The van der Waals surface area contributed by atoms with Crippen LogP contribution in [0, 0.1) is 13.8 Å². The van der Waals surface area contributed by atoms with Crippen LogP contribution in [0.15, 0.2) is 18.2 Å². The van der Waals surface area contributed by atoms with Crippen LogP contribution in [0.1, 0.15) is 56.2 Å². The molecule has 0 heterocycles. The van der Waals surface area contributed by atoms with Crippen LogP contribution in [0.4, 0.5) is 0 Å². The highest BCUT2D eigenvalue weighted by molar-refractivity contribution is 5.36. The fourth-order valence-electron chi connectivity index (χ4n) is 2.19. The first-order valence-electron chi connectivity index (χ1n) is 6.28. The Morgan fingerprint density at radius 1 is 1.19 bits per heavy atom. The molecule has 1 unspecified atom stereocenters. The molecule has 0 saturated carbocycles. The van der Waals surface area contributed by atoms with Crippen molar-refractivity contribution in [3.8, 4) is 0 Å². The molecule has 1 aromatic carbocycles. The van der Waals surface area contributed by atoms with Crippen molar-refractivity contribution in [2.45, 2.75) is 59.0 Å². The van der Waals surface area contributed by atoms with E-state index in [2.05, 4.69) is 26.8 Å². The Balaban J connectivity index is 2.84. The van der Waals surface area contributed by atoms with Gasteiger partial charge in [0.2, 0.25) is 0 Å². The summed E-state index contributed by atoms with van der Waals surface area (Å²) in [5.74, 6) is 0. The Kier molecular flexibility index (Phi) is 4.55. The van der Waals surface area contributed by atoms with Gasteiger partial charge in [0.15, 0.2) is 0 Å². The average Bonchev–Trinajstić information content (AvgIpc) is 2.22. The van der Waals surface area contributed by atoms with Gasteiger partial charge >= 0.3 is 0 Å². The third-order valence-electron chi connectivity index (χ3n) is 3.45. The van der Waals surface area contributed by atoms with Crippen LogP contribution in [-0.2, 0) is 5.60 Å². The third kappa shape index (κ3) is 3.08. The van der Waals surface area contributed by atoms with Gasteiger partial charge in [0.25, 0.3) is 0 Å². The lowest BCUT2D eigenvalue weighted by Gasteiger charge is -2.26. The van der Waals surface area contributed by atoms with Crippen molar-refractivity contribution in [1.82, 2.24) is 0 Å². The molecule has 1 N–H and O–H groups in total. The highest BCUT2D eigenvalue weighted by Crippen LogP contribution is 2.30. The average molecular weight is 220 g/mol. The zero-order chi connectivity index (χ0) is 12.2. The van der Waals surface area contributed by atoms with E-state index in [1.165, 1.54) is 24.0 Å². The first-order valence-corrected chi connectivity index (χ1v) is 6.28. The number of unbranched alkanes of at least 4 members (excludes halogenated alkanes) is 2. The molecule has 0 radical (unpaired) electrons. The number of rotatable bonds is 5. The first-order chi connectivity index (χ1) is 7.49. The van der Waals surface area contributed by atoms with Crippen LogP contribution in [0.25, 0.3) is 0 Å². The van der Waals surface area contributed by atoms with Gasteiger partial charge in [-0.3, -0.25) is 0 Å². The van der Waals surface area contributed by atoms with E-state index in [0.717, 1.165) is 18.4 Å². The predicted molar refractivity (Wildman–Crippen MR) is 69.6 cm³/mol. The molecule has 1 atom stereocenters. The Hall–Kier alpha value is -0.820. The Morgan fingerprint density at radius 2 is 1.88 bits per heavy atom. The van der Waals surface area contributed by atoms with Gasteiger partial charge in [-0.2, -0.15) is 0 Å². The fraction of sp³-hybridized carbons (Fsp3) is 0.600. The Bertz CT molecular complexity index is 339. The zero-order valence-corrected chi connectivity index (χ0v) is 11.0.